The summed E-state index contributed by atoms with van der Waals surface area (Å²) in [5.74, 6) is 0.929. The van der Waals surface area contributed by atoms with Crippen molar-refractivity contribution < 1.29 is 4.42 Å². The number of benzene rings is 3. The normalized spacial score (nSPS) is 14.5. The Bertz CT molecular complexity index is 1600. The molecule has 1 aliphatic carbocycles. The predicted molar refractivity (Wildman–Crippen MR) is 148 cm³/mol. The van der Waals surface area contributed by atoms with Crippen molar-refractivity contribution in [3.8, 4) is 28.5 Å². The van der Waals surface area contributed by atoms with Crippen molar-refractivity contribution in [2.75, 3.05) is 0 Å². The van der Waals surface area contributed by atoms with Crippen LogP contribution in [0, 0.1) is 6.92 Å². The lowest BCUT2D eigenvalue weighted by Crippen LogP contribution is -2.35. The van der Waals surface area contributed by atoms with Crippen LogP contribution >= 0.6 is 46.4 Å². The summed E-state index contributed by atoms with van der Waals surface area (Å²) < 4.78 is 8.11. The molecular weight excluding hydrogens is 550 g/mol. The molecule has 1 fully saturated rings. The Kier molecular flexibility index (Phi) is 6.28. The van der Waals surface area contributed by atoms with E-state index in [1.54, 1.807) is 22.9 Å². The molecule has 2 aromatic heterocycles. The predicted octanol–water partition coefficient (Wildman–Crippen LogP) is 8.98. The first-order valence-corrected chi connectivity index (χ1v) is 13.3. The van der Waals surface area contributed by atoms with Crippen molar-refractivity contribution in [2.24, 2.45) is 0 Å². The molecular formula is C28H20Cl4N4O. The zero-order valence-corrected chi connectivity index (χ0v) is 22.7. The zero-order valence-electron chi connectivity index (χ0n) is 19.7. The Morgan fingerprint density at radius 1 is 0.811 bits per heavy atom. The van der Waals surface area contributed by atoms with Crippen LogP contribution in [0.2, 0.25) is 20.1 Å². The second kappa shape index (κ2) is 9.48. The minimum atomic E-state index is -0.318. The molecule has 0 atom stereocenters. The van der Waals surface area contributed by atoms with Crippen molar-refractivity contribution in [2.45, 2.75) is 31.6 Å². The van der Waals surface area contributed by atoms with Crippen LogP contribution in [0.25, 0.3) is 28.5 Å². The molecule has 0 unspecified atom stereocenters. The van der Waals surface area contributed by atoms with Crippen LogP contribution in [0.15, 0.2) is 71.1 Å². The highest BCUT2D eigenvalue weighted by molar-refractivity contribution is 6.34. The third kappa shape index (κ3) is 4.24. The van der Waals surface area contributed by atoms with E-state index >= 15 is 0 Å². The standard InChI is InChI=1S/C28H20Cl4N4O/c1-16-24(26-33-34-27(37-26)28(13-2-14-28)18-5-9-20(30)10-6-18)35-36(23-15-21(31)11-12-22(23)32)25(16)17-3-7-19(29)8-4-17/h3-12,15H,2,13-14H2,1H3. The molecule has 3 aromatic carbocycles. The van der Waals surface area contributed by atoms with Crippen LogP contribution in [0.5, 0.6) is 0 Å². The summed E-state index contributed by atoms with van der Waals surface area (Å²) in [6, 6.07) is 20.7. The molecule has 0 spiro atoms. The van der Waals surface area contributed by atoms with Gasteiger partial charge in [-0.1, -0.05) is 77.1 Å². The van der Waals surface area contributed by atoms with E-state index in [4.69, 9.17) is 55.9 Å². The first-order chi connectivity index (χ1) is 17.9. The molecule has 1 aliphatic rings. The molecule has 37 heavy (non-hydrogen) atoms. The summed E-state index contributed by atoms with van der Waals surface area (Å²) in [5, 5.41) is 16.2. The Hall–Kier alpha value is -2.83. The van der Waals surface area contributed by atoms with Crippen molar-refractivity contribution >= 4 is 46.4 Å². The molecule has 0 radical (unpaired) electrons. The van der Waals surface area contributed by atoms with E-state index in [0.717, 1.165) is 41.6 Å². The zero-order chi connectivity index (χ0) is 25.7. The minimum absolute atomic E-state index is 0.318. The second-order valence-electron chi connectivity index (χ2n) is 9.19. The third-order valence-electron chi connectivity index (χ3n) is 7.02. The number of nitrogens with zero attached hydrogens (tertiary/aromatic N) is 4. The van der Waals surface area contributed by atoms with Gasteiger partial charge in [0.15, 0.2) is 5.69 Å². The van der Waals surface area contributed by atoms with Gasteiger partial charge in [0.1, 0.15) is 0 Å². The van der Waals surface area contributed by atoms with Crippen LogP contribution in [0.3, 0.4) is 0 Å². The quantitative estimate of drug-likeness (QED) is 0.212. The van der Waals surface area contributed by atoms with Gasteiger partial charge in [0.05, 0.1) is 21.8 Å². The van der Waals surface area contributed by atoms with E-state index in [2.05, 4.69) is 10.2 Å². The van der Waals surface area contributed by atoms with Gasteiger partial charge in [-0.25, -0.2) is 4.68 Å². The van der Waals surface area contributed by atoms with Crippen LogP contribution < -0.4 is 0 Å². The maximum absolute atomic E-state index is 6.59. The number of halogens is 4. The molecule has 0 amide bonds. The van der Waals surface area contributed by atoms with Crippen LogP contribution in [0.4, 0.5) is 0 Å². The maximum Gasteiger partial charge on any atom is 0.268 e. The highest BCUT2D eigenvalue weighted by atomic mass is 35.5. The van der Waals surface area contributed by atoms with Crippen LogP contribution in [-0.2, 0) is 5.41 Å². The average Bonchev–Trinajstić information content (AvgIpc) is 3.47. The smallest absolute Gasteiger partial charge is 0.268 e. The lowest BCUT2D eigenvalue weighted by Gasteiger charge is -2.39. The second-order valence-corrected chi connectivity index (χ2v) is 10.9. The van der Waals surface area contributed by atoms with Gasteiger partial charge in [0, 0.05) is 26.2 Å². The van der Waals surface area contributed by atoms with Crippen molar-refractivity contribution in [1.29, 1.82) is 0 Å². The number of aromatic nitrogens is 4. The van der Waals surface area contributed by atoms with Gasteiger partial charge in [0.2, 0.25) is 5.89 Å². The molecule has 0 aliphatic heterocycles. The van der Waals surface area contributed by atoms with E-state index in [-0.39, 0.29) is 5.41 Å². The molecule has 2 heterocycles. The first kappa shape index (κ1) is 24.5. The molecule has 5 aromatic rings. The highest BCUT2D eigenvalue weighted by Gasteiger charge is 2.45. The fraction of sp³-hybridized carbons (Fsp3) is 0.179. The summed E-state index contributed by atoms with van der Waals surface area (Å²) in [6.45, 7) is 1.98. The molecule has 1 saturated carbocycles. The Balaban J connectivity index is 1.50. The van der Waals surface area contributed by atoms with Gasteiger partial charge in [-0.2, -0.15) is 5.10 Å². The van der Waals surface area contributed by atoms with E-state index in [1.807, 2.05) is 55.5 Å². The van der Waals surface area contributed by atoms with Crippen LogP contribution in [-0.4, -0.2) is 20.0 Å². The molecule has 0 saturated heterocycles. The number of hydrogen-bond donors (Lipinski definition) is 0. The highest BCUT2D eigenvalue weighted by Crippen LogP contribution is 2.49. The summed E-state index contributed by atoms with van der Waals surface area (Å²) in [5.41, 5.74) is 4.62. The third-order valence-corrected chi connectivity index (χ3v) is 8.08. The van der Waals surface area contributed by atoms with E-state index in [1.165, 1.54) is 0 Å². The topological polar surface area (TPSA) is 56.7 Å². The van der Waals surface area contributed by atoms with Crippen molar-refractivity contribution in [3.05, 3.63) is 104 Å². The molecule has 9 heteroatoms. The summed E-state index contributed by atoms with van der Waals surface area (Å²) >= 11 is 25.2. The largest absolute Gasteiger partial charge is 0.418 e. The van der Waals surface area contributed by atoms with Crippen molar-refractivity contribution in [3.63, 3.8) is 0 Å². The van der Waals surface area contributed by atoms with E-state index < -0.39 is 0 Å². The van der Waals surface area contributed by atoms with Gasteiger partial charge in [-0.05, 0) is 67.8 Å². The summed E-state index contributed by atoms with van der Waals surface area (Å²) in [4.78, 5) is 0. The molecule has 0 N–H and O–H groups in total. The van der Waals surface area contributed by atoms with Crippen molar-refractivity contribution in [1.82, 2.24) is 20.0 Å². The Labute approximate surface area is 234 Å². The Morgan fingerprint density at radius 2 is 1.46 bits per heavy atom. The molecule has 0 bridgehead atoms. The number of rotatable bonds is 5. The SMILES string of the molecule is Cc1c(-c2nnc(C3(c4ccc(Cl)cc4)CCC3)o2)nn(-c2cc(Cl)ccc2Cl)c1-c1ccc(Cl)cc1. The summed E-state index contributed by atoms with van der Waals surface area (Å²) in [7, 11) is 0. The fourth-order valence-corrected chi connectivity index (χ4v) is 5.52. The van der Waals surface area contributed by atoms with Crippen LogP contribution in [0.1, 0.15) is 36.3 Å². The monoisotopic (exact) mass is 568 g/mol. The van der Waals surface area contributed by atoms with Gasteiger partial charge >= 0.3 is 0 Å². The molecule has 5 nitrogen and oxygen atoms in total. The number of hydrogen-bond acceptors (Lipinski definition) is 4. The maximum atomic E-state index is 6.59. The van der Waals surface area contributed by atoms with E-state index in [0.29, 0.717) is 43.3 Å². The lowest BCUT2D eigenvalue weighted by atomic mass is 9.64. The van der Waals surface area contributed by atoms with Gasteiger partial charge < -0.3 is 4.42 Å². The Morgan fingerprint density at radius 3 is 2.11 bits per heavy atom. The lowest BCUT2D eigenvalue weighted by molar-refractivity contribution is 0.241. The van der Waals surface area contributed by atoms with Gasteiger partial charge in [-0.3, -0.25) is 0 Å². The molecule has 186 valence electrons. The summed E-state index contributed by atoms with van der Waals surface area (Å²) in [6.07, 6.45) is 2.94. The minimum Gasteiger partial charge on any atom is -0.418 e. The first-order valence-electron chi connectivity index (χ1n) is 11.8. The fourth-order valence-electron chi connectivity index (χ4n) is 4.91. The average molecular weight is 570 g/mol. The van der Waals surface area contributed by atoms with Gasteiger partial charge in [-0.15, -0.1) is 10.2 Å². The van der Waals surface area contributed by atoms with E-state index in [9.17, 15) is 0 Å². The van der Waals surface area contributed by atoms with Gasteiger partial charge in [0.25, 0.3) is 5.89 Å². The molecule has 6 rings (SSSR count).